The zero-order valence-electron chi connectivity index (χ0n) is 11.5. The number of benzene rings is 1. The molecule has 1 saturated heterocycles. The summed E-state index contributed by atoms with van der Waals surface area (Å²) in [7, 11) is 0. The van der Waals surface area contributed by atoms with Gasteiger partial charge in [-0.25, -0.2) is 0 Å². The fraction of sp³-hybridized carbons (Fsp3) is 0.500. The van der Waals surface area contributed by atoms with Crippen LogP contribution < -0.4 is 5.32 Å². The van der Waals surface area contributed by atoms with Gasteiger partial charge in [-0.2, -0.15) is 0 Å². The molecule has 1 fully saturated rings. The van der Waals surface area contributed by atoms with Crippen LogP contribution in [0.5, 0.6) is 0 Å². The van der Waals surface area contributed by atoms with Crippen molar-refractivity contribution < 1.29 is 0 Å². The van der Waals surface area contributed by atoms with Crippen LogP contribution in [0.15, 0.2) is 43.0 Å². The Labute approximate surface area is 111 Å². The van der Waals surface area contributed by atoms with Gasteiger partial charge in [-0.05, 0) is 32.4 Å². The molecule has 0 amide bonds. The van der Waals surface area contributed by atoms with E-state index in [4.69, 9.17) is 0 Å². The van der Waals surface area contributed by atoms with Crippen molar-refractivity contribution in [3.8, 4) is 0 Å². The van der Waals surface area contributed by atoms with Crippen molar-refractivity contribution in [1.82, 2.24) is 10.2 Å². The van der Waals surface area contributed by atoms with E-state index in [2.05, 4.69) is 61.0 Å². The van der Waals surface area contributed by atoms with E-state index in [9.17, 15) is 0 Å². The quantitative estimate of drug-likeness (QED) is 0.823. The largest absolute Gasteiger partial charge is 0.306 e. The Hall–Kier alpha value is -1.12. The molecule has 2 atom stereocenters. The molecule has 1 aliphatic heterocycles. The number of nitrogens with one attached hydrogen (secondary N) is 1. The zero-order chi connectivity index (χ0) is 13.0. The van der Waals surface area contributed by atoms with E-state index in [1.165, 1.54) is 12.0 Å². The Bertz CT molecular complexity index is 387. The molecular formula is C16H24N2. The van der Waals surface area contributed by atoms with Gasteiger partial charge in [0.25, 0.3) is 0 Å². The first-order valence-electron chi connectivity index (χ1n) is 6.81. The highest BCUT2D eigenvalue weighted by Crippen LogP contribution is 2.25. The first kappa shape index (κ1) is 13.3. The molecule has 2 heteroatoms. The molecule has 2 nitrogen and oxygen atoms in total. The van der Waals surface area contributed by atoms with Crippen LogP contribution >= 0.6 is 0 Å². The highest BCUT2D eigenvalue weighted by atomic mass is 15.2. The number of hydrogen-bond acceptors (Lipinski definition) is 2. The maximum absolute atomic E-state index is 3.88. The van der Waals surface area contributed by atoms with Crippen LogP contribution in [0.25, 0.3) is 0 Å². The van der Waals surface area contributed by atoms with Gasteiger partial charge in [-0.3, -0.25) is 4.90 Å². The summed E-state index contributed by atoms with van der Waals surface area (Å²) < 4.78 is 0. The number of rotatable bonds is 3. The van der Waals surface area contributed by atoms with Crippen molar-refractivity contribution in [3.63, 3.8) is 0 Å². The fourth-order valence-electron chi connectivity index (χ4n) is 2.77. The lowest BCUT2D eigenvalue weighted by Crippen LogP contribution is -2.47. The summed E-state index contributed by atoms with van der Waals surface area (Å²) in [5.41, 5.74) is 1.41. The van der Waals surface area contributed by atoms with Gasteiger partial charge >= 0.3 is 0 Å². The van der Waals surface area contributed by atoms with Crippen molar-refractivity contribution >= 4 is 0 Å². The van der Waals surface area contributed by atoms with Crippen molar-refractivity contribution in [2.75, 3.05) is 19.6 Å². The van der Waals surface area contributed by atoms with Crippen LogP contribution in [0, 0.1) is 0 Å². The lowest BCUT2D eigenvalue weighted by molar-refractivity contribution is 0.192. The topological polar surface area (TPSA) is 15.3 Å². The van der Waals surface area contributed by atoms with Gasteiger partial charge in [0.15, 0.2) is 0 Å². The summed E-state index contributed by atoms with van der Waals surface area (Å²) in [6.07, 6.45) is 3.20. The number of nitrogens with zero attached hydrogens (tertiary/aromatic N) is 1. The van der Waals surface area contributed by atoms with Gasteiger partial charge in [0, 0.05) is 19.1 Å². The third-order valence-electron chi connectivity index (χ3n) is 3.99. The summed E-state index contributed by atoms with van der Waals surface area (Å²) in [6.45, 7) is 11.6. The smallest absolute Gasteiger partial charge is 0.0535 e. The van der Waals surface area contributed by atoms with E-state index in [0.717, 1.165) is 19.6 Å². The fourth-order valence-corrected chi connectivity index (χ4v) is 2.77. The predicted molar refractivity (Wildman–Crippen MR) is 77.6 cm³/mol. The summed E-state index contributed by atoms with van der Waals surface area (Å²) >= 11 is 0. The molecule has 18 heavy (non-hydrogen) atoms. The Morgan fingerprint density at radius 1 is 1.44 bits per heavy atom. The Morgan fingerprint density at radius 3 is 2.83 bits per heavy atom. The van der Waals surface area contributed by atoms with E-state index < -0.39 is 0 Å². The van der Waals surface area contributed by atoms with Crippen LogP contribution in [0.1, 0.15) is 25.8 Å². The molecule has 1 N–H and O–H groups in total. The second kappa shape index (κ2) is 5.68. The van der Waals surface area contributed by atoms with Crippen LogP contribution in [-0.4, -0.2) is 30.6 Å². The van der Waals surface area contributed by atoms with Crippen molar-refractivity contribution in [1.29, 1.82) is 0 Å². The summed E-state index contributed by atoms with van der Waals surface area (Å²) in [5, 5.41) is 3.72. The van der Waals surface area contributed by atoms with Gasteiger partial charge in [-0.1, -0.05) is 36.4 Å². The van der Waals surface area contributed by atoms with E-state index in [1.54, 1.807) is 0 Å². The molecule has 2 rings (SSSR count). The maximum Gasteiger partial charge on any atom is 0.0535 e. The van der Waals surface area contributed by atoms with E-state index >= 15 is 0 Å². The van der Waals surface area contributed by atoms with Gasteiger partial charge in [0.1, 0.15) is 0 Å². The maximum atomic E-state index is 3.88. The molecule has 98 valence electrons. The van der Waals surface area contributed by atoms with Crippen molar-refractivity contribution in [2.45, 2.75) is 31.8 Å². The predicted octanol–water partition coefficient (Wildman–Crippen LogP) is 2.77. The van der Waals surface area contributed by atoms with Crippen LogP contribution in [0.3, 0.4) is 0 Å². The highest BCUT2D eigenvalue weighted by Gasteiger charge is 2.32. The van der Waals surface area contributed by atoms with Gasteiger partial charge in [0.05, 0.1) is 5.54 Å². The molecule has 0 bridgehead atoms. The van der Waals surface area contributed by atoms with Gasteiger partial charge in [0.2, 0.25) is 0 Å². The van der Waals surface area contributed by atoms with E-state index in [0.29, 0.717) is 6.04 Å². The van der Waals surface area contributed by atoms with Crippen LogP contribution in [0.4, 0.5) is 0 Å². The molecule has 0 radical (unpaired) electrons. The Balaban J connectivity index is 2.23. The normalized spacial score (nSPS) is 29.8. The molecule has 0 aliphatic carbocycles. The molecule has 0 spiro atoms. The van der Waals surface area contributed by atoms with Crippen LogP contribution in [-0.2, 0) is 5.54 Å². The lowest BCUT2D eigenvalue weighted by Gasteiger charge is -2.35. The molecule has 1 heterocycles. The second-order valence-electron chi connectivity index (χ2n) is 5.48. The number of hydrogen-bond donors (Lipinski definition) is 1. The highest BCUT2D eigenvalue weighted by molar-refractivity contribution is 5.24. The zero-order valence-corrected chi connectivity index (χ0v) is 11.5. The van der Waals surface area contributed by atoms with Crippen molar-refractivity contribution in [3.05, 3.63) is 48.6 Å². The molecule has 1 aliphatic rings. The minimum absolute atomic E-state index is 0.0367. The van der Waals surface area contributed by atoms with E-state index in [-0.39, 0.29) is 5.54 Å². The molecule has 0 saturated carbocycles. The van der Waals surface area contributed by atoms with E-state index in [1.807, 2.05) is 6.08 Å². The summed E-state index contributed by atoms with van der Waals surface area (Å²) in [4.78, 5) is 2.51. The monoisotopic (exact) mass is 244 g/mol. The van der Waals surface area contributed by atoms with Gasteiger partial charge in [-0.15, -0.1) is 6.58 Å². The lowest BCUT2D eigenvalue weighted by atomic mass is 9.91. The standard InChI is InChI=1S/C16H24N2/c1-4-12-18-13-16(3,17-11-10-14(18)2)15-8-6-5-7-9-15/h4-9,14,17H,1,10-13H2,2-3H3. The Morgan fingerprint density at radius 2 is 2.17 bits per heavy atom. The minimum Gasteiger partial charge on any atom is -0.306 e. The average Bonchev–Trinajstić information content (AvgIpc) is 2.52. The molecular weight excluding hydrogens is 220 g/mol. The third kappa shape index (κ3) is 2.82. The summed E-state index contributed by atoms with van der Waals surface area (Å²) in [6, 6.07) is 11.4. The third-order valence-corrected chi connectivity index (χ3v) is 3.99. The summed E-state index contributed by atoms with van der Waals surface area (Å²) in [5.74, 6) is 0. The minimum atomic E-state index is 0.0367. The first-order valence-corrected chi connectivity index (χ1v) is 6.81. The SMILES string of the molecule is C=CCN1CC(C)(c2ccccc2)NCCC1C. The molecule has 1 aromatic carbocycles. The Kier molecular flexibility index (Phi) is 4.20. The van der Waals surface area contributed by atoms with Crippen LogP contribution in [0.2, 0.25) is 0 Å². The second-order valence-corrected chi connectivity index (χ2v) is 5.48. The molecule has 1 aromatic rings. The molecule has 0 aromatic heterocycles. The first-order chi connectivity index (χ1) is 8.65. The van der Waals surface area contributed by atoms with Crippen molar-refractivity contribution in [2.24, 2.45) is 0 Å². The average molecular weight is 244 g/mol. The van der Waals surface area contributed by atoms with Gasteiger partial charge < -0.3 is 5.32 Å². The molecule has 2 unspecified atom stereocenters.